The standard InChI is InChI=1S/C14H14O.C6H6.3C2H6.CH4O2/c1-11-2-4-12(5-3-11)10-13-6-8-14(15)9-7-13;1-2-4-6-5-3-1;3*1-2;1-3-2/h2-9,15H,10H2,1H3;1-6H;3*1-2H3;2H,1H3. The third kappa shape index (κ3) is 20.1. The Morgan fingerprint density at radius 2 is 0.867 bits per heavy atom. The van der Waals surface area contributed by atoms with Crippen LogP contribution < -0.4 is 0 Å². The number of hydrogen-bond donors (Lipinski definition) is 2. The minimum absolute atomic E-state index is 0.322. The highest BCUT2D eigenvalue weighted by atomic mass is 17.1. The summed E-state index contributed by atoms with van der Waals surface area (Å²) in [5, 5.41) is 16.2. The molecule has 3 rings (SSSR count). The average molecular weight is 415 g/mol. The molecule has 3 aromatic carbocycles. The molecule has 3 aromatic rings. The maximum absolute atomic E-state index is 9.16. The van der Waals surface area contributed by atoms with Crippen LogP contribution in [0, 0.1) is 6.92 Å². The van der Waals surface area contributed by atoms with E-state index in [2.05, 4.69) is 36.1 Å². The predicted octanol–water partition coefficient (Wildman–Crippen LogP) is 8.16. The Kier molecular flexibility index (Phi) is 28.2. The summed E-state index contributed by atoms with van der Waals surface area (Å²) in [4.78, 5) is 3.25. The van der Waals surface area contributed by atoms with Crippen molar-refractivity contribution in [1.82, 2.24) is 0 Å². The van der Waals surface area contributed by atoms with Gasteiger partial charge in [0, 0.05) is 0 Å². The molecule has 3 heteroatoms. The summed E-state index contributed by atoms with van der Waals surface area (Å²) in [5.41, 5.74) is 3.80. The van der Waals surface area contributed by atoms with Gasteiger partial charge in [-0.25, -0.2) is 4.89 Å². The van der Waals surface area contributed by atoms with Crippen molar-refractivity contribution in [1.29, 1.82) is 0 Å². The molecular weight excluding hydrogens is 372 g/mol. The second kappa shape index (κ2) is 26.4. The minimum Gasteiger partial charge on any atom is -0.508 e. The predicted molar refractivity (Wildman–Crippen MR) is 132 cm³/mol. The van der Waals surface area contributed by atoms with E-state index in [9.17, 15) is 0 Å². The molecule has 0 saturated heterocycles. The fourth-order valence-electron chi connectivity index (χ4n) is 1.94. The highest BCUT2D eigenvalue weighted by Crippen LogP contribution is 2.14. The van der Waals surface area contributed by atoms with Gasteiger partial charge in [0.2, 0.25) is 0 Å². The zero-order valence-electron chi connectivity index (χ0n) is 20.1. The average Bonchev–Trinajstić information content (AvgIpc) is 2.83. The van der Waals surface area contributed by atoms with Crippen molar-refractivity contribution in [2.24, 2.45) is 0 Å². The molecule has 0 aliphatic carbocycles. The van der Waals surface area contributed by atoms with Crippen molar-refractivity contribution in [3.05, 3.63) is 102 Å². The molecule has 168 valence electrons. The first kappa shape index (κ1) is 32.1. The maximum Gasteiger partial charge on any atom is 0.115 e. The SMILES string of the molecule is CC.CC.CC.COO.Cc1ccc(Cc2ccc(O)cc2)cc1.c1ccccc1. The van der Waals surface area contributed by atoms with Crippen molar-refractivity contribution in [3.63, 3.8) is 0 Å². The van der Waals surface area contributed by atoms with Gasteiger partial charge in [0.1, 0.15) is 5.75 Å². The molecule has 0 bridgehead atoms. The van der Waals surface area contributed by atoms with Crippen LogP contribution in [0.5, 0.6) is 5.75 Å². The van der Waals surface area contributed by atoms with Crippen LogP contribution in [-0.4, -0.2) is 17.5 Å². The molecular formula is C27H42O3. The fraction of sp³-hybridized carbons (Fsp3) is 0.333. The highest BCUT2D eigenvalue weighted by Gasteiger charge is 1.96. The van der Waals surface area contributed by atoms with Gasteiger partial charge in [0.15, 0.2) is 0 Å². The van der Waals surface area contributed by atoms with Crippen LogP contribution in [0.2, 0.25) is 0 Å². The smallest absolute Gasteiger partial charge is 0.115 e. The van der Waals surface area contributed by atoms with Crippen LogP contribution in [0.4, 0.5) is 0 Å². The molecule has 0 aromatic heterocycles. The lowest BCUT2D eigenvalue weighted by molar-refractivity contribution is -0.214. The van der Waals surface area contributed by atoms with Gasteiger partial charge < -0.3 is 5.11 Å². The molecule has 0 radical (unpaired) electrons. The molecule has 0 heterocycles. The molecule has 30 heavy (non-hydrogen) atoms. The summed E-state index contributed by atoms with van der Waals surface area (Å²) in [5.74, 6) is 0.322. The van der Waals surface area contributed by atoms with E-state index in [1.165, 1.54) is 23.8 Å². The molecule has 0 fully saturated rings. The number of phenols is 1. The second-order valence-corrected chi connectivity index (χ2v) is 5.17. The van der Waals surface area contributed by atoms with Crippen LogP contribution >= 0.6 is 0 Å². The third-order valence-electron chi connectivity index (χ3n) is 3.13. The van der Waals surface area contributed by atoms with Crippen LogP contribution in [0.3, 0.4) is 0 Å². The van der Waals surface area contributed by atoms with E-state index in [1.807, 2.05) is 90.1 Å². The van der Waals surface area contributed by atoms with E-state index in [-0.39, 0.29) is 0 Å². The summed E-state index contributed by atoms with van der Waals surface area (Å²) in [6, 6.07) is 27.9. The normalized spacial score (nSPS) is 7.90. The monoisotopic (exact) mass is 414 g/mol. The Labute approximate surface area is 184 Å². The Morgan fingerprint density at radius 1 is 0.600 bits per heavy atom. The summed E-state index contributed by atoms with van der Waals surface area (Å²) in [6.07, 6.45) is 0.917. The van der Waals surface area contributed by atoms with Crippen LogP contribution in [0.15, 0.2) is 84.9 Å². The lowest BCUT2D eigenvalue weighted by Gasteiger charge is -2.02. The molecule has 0 amide bonds. The lowest BCUT2D eigenvalue weighted by Crippen LogP contribution is -1.87. The van der Waals surface area contributed by atoms with Gasteiger partial charge in [-0.3, -0.25) is 5.26 Å². The van der Waals surface area contributed by atoms with Gasteiger partial charge in [-0.2, -0.15) is 0 Å². The van der Waals surface area contributed by atoms with Gasteiger partial charge in [-0.05, 0) is 36.6 Å². The largest absolute Gasteiger partial charge is 0.508 e. The number of rotatable bonds is 2. The molecule has 0 unspecified atom stereocenters. The van der Waals surface area contributed by atoms with E-state index < -0.39 is 0 Å². The highest BCUT2D eigenvalue weighted by molar-refractivity contribution is 5.31. The maximum atomic E-state index is 9.16. The van der Waals surface area contributed by atoms with E-state index in [0.717, 1.165) is 6.42 Å². The van der Waals surface area contributed by atoms with Crippen molar-refractivity contribution < 1.29 is 15.3 Å². The van der Waals surface area contributed by atoms with Crippen molar-refractivity contribution >= 4 is 0 Å². The zero-order valence-corrected chi connectivity index (χ0v) is 20.1. The summed E-state index contributed by atoms with van der Waals surface area (Å²) < 4.78 is 0. The number of hydrogen-bond acceptors (Lipinski definition) is 3. The first-order chi connectivity index (χ1) is 14.7. The van der Waals surface area contributed by atoms with E-state index >= 15 is 0 Å². The van der Waals surface area contributed by atoms with Crippen molar-refractivity contribution in [2.45, 2.75) is 54.9 Å². The number of aryl methyl sites for hydroxylation is 1. The molecule has 2 N–H and O–H groups in total. The van der Waals surface area contributed by atoms with Gasteiger partial charge in [0.25, 0.3) is 0 Å². The molecule has 0 spiro atoms. The molecule has 0 atom stereocenters. The Hall–Kier alpha value is -2.62. The van der Waals surface area contributed by atoms with Crippen LogP contribution in [0.1, 0.15) is 58.2 Å². The topological polar surface area (TPSA) is 49.7 Å². The van der Waals surface area contributed by atoms with Gasteiger partial charge in [-0.15, -0.1) is 0 Å². The lowest BCUT2D eigenvalue weighted by atomic mass is 10.0. The van der Waals surface area contributed by atoms with Gasteiger partial charge in [-0.1, -0.05) is 120 Å². The number of phenolic OH excluding ortho intramolecular Hbond substituents is 1. The Balaban J connectivity index is -0.000000404. The second-order valence-electron chi connectivity index (χ2n) is 5.17. The zero-order chi connectivity index (χ0) is 23.6. The van der Waals surface area contributed by atoms with E-state index in [4.69, 9.17) is 10.4 Å². The van der Waals surface area contributed by atoms with Crippen LogP contribution in [-0.2, 0) is 11.3 Å². The summed E-state index contributed by atoms with van der Waals surface area (Å²) in [6.45, 7) is 14.1. The fourth-order valence-corrected chi connectivity index (χ4v) is 1.94. The van der Waals surface area contributed by atoms with Crippen molar-refractivity contribution in [3.8, 4) is 5.75 Å². The minimum atomic E-state index is 0.322. The van der Waals surface area contributed by atoms with Crippen LogP contribution in [0.25, 0.3) is 0 Å². The molecule has 0 aliphatic heterocycles. The first-order valence-electron chi connectivity index (χ1n) is 10.7. The summed E-state index contributed by atoms with van der Waals surface area (Å²) in [7, 11) is 1.18. The van der Waals surface area contributed by atoms with E-state index in [1.54, 1.807) is 12.1 Å². The number of aromatic hydroxyl groups is 1. The Morgan fingerprint density at radius 3 is 1.17 bits per heavy atom. The van der Waals surface area contributed by atoms with Gasteiger partial charge in [0.05, 0.1) is 7.11 Å². The van der Waals surface area contributed by atoms with Crippen molar-refractivity contribution in [2.75, 3.05) is 7.11 Å². The first-order valence-corrected chi connectivity index (χ1v) is 10.7. The third-order valence-corrected chi connectivity index (χ3v) is 3.13. The summed E-state index contributed by atoms with van der Waals surface area (Å²) >= 11 is 0. The van der Waals surface area contributed by atoms with E-state index in [0.29, 0.717) is 5.75 Å². The molecule has 0 saturated carbocycles. The Bertz CT molecular complexity index is 578. The molecule has 3 nitrogen and oxygen atoms in total. The van der Waals surface area contributed by atoms with Gasteiger partial charge >= 0.3 is 0 Å². The number of benzene rings is 3. The quantitative estimate of drug-likeness (QED) is 0.328. The molecule has 0 aliphatic rings.